The normalized spacial score (nSPS) is 10.8. The average Bonchev–Trinajstić information content (AvgIpc) is 3.32. The van der Waals surface area contributed by atoms with Crippen molar-refractivity contribution in [2.75, 3.05) is 5.32 Å². The molecule has 0 aliphatic rings. The van der Waals surface area contributed by atoms with Crippen LogP contribution in [0.15, 0.2) is 97.6 Å². The van der Waals surface area contributed by atoms with Crippen LogP contribution in [0, 0.1) is 0 Å². The first-order valence-corrected chi connectivity index (χ1v) is 9.94. The van der Waals surface area contributed by atoms with Gasteiger partial charge in [0.25, 0.3) is 5.91 Å². The van der Waals surface area contributed by atoms with E-state index in [1.807, 2.05) is 83.7 Å². The molecule has 0 aliphatic carbocycles. The first-order chi connectivity index (χ1) is 15.3. The summed E-state index contributed by atoms with van der Waals surface area (Å²) in [6, 6.07) is 23.0. The monoisotopic (exact) mass is 405 g/mol. The predicted molar refractivity (Wildman–Crippen MR) is 121 cm³/mol. The Hall–Kier alpha value is -4.32. The highest BCUT2D eigenvalue weighted by Crippen LogP contribution is 2.25. The fourth-order valence-electron chi connectivity index (χ4n) is 3.55. The number of rotatable bonds is 5. The lowest BCUT2D eigenvalue weighted by Gasteiger charge is -2.11. The van der Waals surface area contributed by atoms with E-state index in [0.717, 1.165) is 27.7 Å². The number of para-hydroxylation sites is 1. The number of aromatic nitrogens is 4. The van der Waals surface area contributed by atoms with Crippen molar-refractivity contribution in [1.82, 2.24) is 19.7 Å². The minimum atomic E-state index is -0.181. The van der Waals surface area contributed by atoms with Crippen LogP contribution in [0.2, 0.25) is 0 Å². The van der Waals surface area contributed by atoms with Crippen LogP contribution in [0.5, 0.6) is 0 Å². The van der Waals surface area contributed by atoms with Crippen molar-refractivity contribution >= 4 is 22.5 Å². The lowest BCUT2D eigenvalue weighted by Crippen LogP contribution is -2.13. The molecule has 2 aromatic carbocycles. The molecular formula is C25H19N5O. The van der Waals surface area contributed by atoms with Crippen molar-refractivity contribution < 1.29 is 4.79 Å². The number of benzene rings is 2. The largest absolute Gasteiger partial charge is 0.322 e. The second kappa shape index (κ2) is 8.20. The Morgan fingerprint density at radius 1 is 0.935 bits per heavy atom. The van der Waals surface area contributed by atoms with Crippen LogP contribution in [0.1, 0.15) is 15.9 Å². The third kappa shape index (κ3) is 4.04. The molecular weight excluding hydrogens is 386 g/mol. The highest BCUT2D eigenvalue weighted by atomic mass is 16.1. The number of fused-ring (bicyclic) bond motifs is 1. The van der Waals surface area contributed by atoms with Crippen LogP contribution in [-0.4, -0.2) is 25.7 Å². The molecule has 1 amide bonds. The average molecular weight is 405 g/mol. The second-order valence-electron chi connectivity index (χ2n) is 7.17. The van der Waals surface area contributed by atoms with E-state index in [9.17, 15) is 4.79 Å². The van der Waals surface area contributed by atoms with E-state index < -0.39 is 0 Å². The molecule has 0 unspecified atom stereocenters. The number of anilines is 1. The quantitative estimate of drug-likeness (QED) is 0.456. The van der Waals surface area contributed by atoms with E-state index in [1.54, 1.807) is 18.6 Å². The summed E-state index contributed by atoms with van der Waals surface area (Å²) >= 11 is 0. The number of nitrogens with zero attached hydrogens (tertiary/aromatic N) is 4. The molecule has 5 aromatic rings. The van der Waals surface area contributed by atoms with Gasteiger partial charge in [0.15, 0.2) is 0 Å². The van der Waals surface area contributed by atoms with Gasteiger partial charge in [0.2, 0.25) is 0 Å². The molecule has 0 bridgehead atoms. The lowest BCUT2D eigenvalue weighted by atomic mass is 10.0. The molecule has 0 saturated heterocycles. The van der Waals surface area contributed by atoms with Crippen LogP contribution < -0.4 is 5.32 Å². The van der Waals surface area contributed by atoms with Crippen LogP contribution in [0.4, 0.5) is 5.69 Å². The van der Waals surface area contributed by atoms with E-state index in [4.69, 9.17) is 4.98 Å². The highest BCUT2D eigenvalue weighted by Gasteiger charge is 2.14. The third-order valence-electron chi connectivity index (χ3n) is 5.01. The summed E-state index contributed by atoms with van der Waals surface area (Å²) in [5.74, 6) is -0.181. The van der Waals surface area contributed by atoms with Crippen molar-refractivity contribution in [2.24, 2.45) is 0 Å². The van der Waals surface area contributed by atoms with Crippen LogP contribution in [-0.2, 0) is 6.54 Å². The zero-order valence-corrected chi connectivity index (χ0v) is 16.6. The maximum atomic E-state index is 13.3. The minimum absolute atomic E-state index is 0.181. The van der Waals surface area contributed by atoms with Gasteiger partial charge in [0, 0.05) is 41.4 Å². The predicted octanol–water partition coefficient (Wildman–Crippen LogP) is 4.79. The molecule has 3 heterocycles. The summed E-state index contributed by atoms with van der Waals surface area (Å²) in [7, 11) is 0. The molecule has 6 heteroatoms. The van der Waals surface area contributed by atoms with Crippen molar-refractivity contribution in [3.8, 4) is 11.3 Å². The standard InChI is InChI=1S/C25H19N5O/c31-25(28-20-8-3-6-18(14-20)17-30-13-5-12-27-30)22-15-24(19-7-4-11-26-16-19)29-23-10-2-1-9-21(22)23/h1-16H,17H2,(H,28,31). The molecule has 0 fully saturated rings. The van der Waals surface area contributed by atoms with Crippen molar-refractivity contribution in [2.45, 2.75) is 6.54 Å². The van der Waals surface area contributed by atoms with Crippen LogP contribution in [0.25, 0.3) is 22.2 Å². The number of carbonyl (C=O) groups is 1. The maximum absolute atomic E-state index is 13.3. The van der Waals surface area contributed by atoms with Gasteiger partial charge in [-0.25, -0.2) is 4.98 Å². The first kappa shape index (κ1) is 18.7. The highest BCUT2D eigenvalue weighted by molar-refractivity contribution is 6.13. The fraction of sp³-hybridized carbons (Fsp3) is 0.0400. The molecule has 0 radical (unpaired) electrons. The number of hydrogen-bond donors (Lipinski definition) is 1. The van der Waals surface area contributed by atoms with Crippen molar-refractivity contribution in [3.05, 3.63) is 109 Å². The Labute approximate surface area is 179 Å². The van der Waals surface area contributed by atoms with Gasteiger partial charge in [0.05, 0.1) is 23.3 Å². The molecule has 0 saturated carbocycles. The molecule has 6 nitrogen and oxygen atoms in total. The van der Waals surface area contributed by atoms with Gasteiger partial charge in [-0.2, -0.15) is 5.10 Å². The van der Waals surface area contributed by atoms with Gasteiger partial charge >= 0.3 is 0 Å². The van der Waals surface area contributed by atoms with E-state index in [2.05, 4.69) is 15.4 Å². The van der Waals surface area contributed by atoms with Crippen molar-refractivity contribution in [3.63, 3.8) is 0 Å². The van der Waals surface area contributed by atoms with E-state index in [1.165, 1.54) is 0 Å². The summed E-state index contributed by atoms with van der Waals surface area (Å²) in [6.45, 7) is 0.639. The van der Waals surface area contributed by atoms with Gasteiger partial charge in [-0.05, 0) is 48.0 Å². The topological polar surface area (TPSA) is 72.7 Å². The Kier molecular flexibility index (Phi) is 4.94. The number of nitrogens with one attached hydrogen (secondary N) is 1. The smallest absolute Gasteiger partial charge is 0.256 e. The summed E-state index contributed by atoms with van der Waals surface area (Å²) in [6.07, 6.45) is 7.13. The second-order valence-corrected chi connectivity index (χ2v) is 7.17. The van der Waals surface area contributed by atoms with Crippen LogP contribution >= 0.6 is 0 Å². The van der Waals surface area contributed by atoms with E-state index >= 15 is 0 Å². The Balaban J connectivity index is 1.48. The van der Waals surface area contributed by atoms with Gasteiger partial charge < -0.3 is 5.32 Å². The fourth-order valence-corrected chi connectivity index (χ4v) is 3.55. The molecule has 3 aromatic heterocycles. The molecule has 1 N–H and O–H groups in total. The van der Waals surface area contributed by atoms with Gasteiger partial charge in [-0.3, -0.25) is 14.5 Å². The molecule has 0 aliphatic heterocycles. The third-order valence-corrected chi connectivity index (χ3v) is 5.01. The molecule has 150 valence electrons. The summed E-state index contributed by atoms with van der Waals surface area (Å²) in [5.41, 5.74) is 4.70. The number of hydrogen-bond acceptors (Lipinski definition) is 4. The summed E-state index contributed by atoms with van der Waals surface area (Å²) in [5, 5.41) is 8.08. The van der Waals surface area contributed by atoms with E-state index in [0.29, 0.717) is 17.8 Å². The van der Waals surface area contributed by atoms with Gasteiger partial charge in [-0.15, -0.1) is 0 Å². The van der Waals surface area contributed by atoms with Crippen LogP contribution in [0.3, 0.4) is 0 Å². The minimum Gasteiger partial charge on any atom is -0.322 e. The molecule has 0 atom stereocenters. The lowest BCUT2D eigenvalue weighted by molar-refractivity contribution is 0.102. The Bertz CT molecular complexity index is 1350. The number of amides is 1. The summed E-state index contributed by atoms with van der Waals surface area (Å²) in [4.78, 5) is 22.2. The molecule has 5 rings (SSSR count). The van der Waals surface area contributed by atoms with Gasteiger partial charge in [-0.1, -0.05) is 30.3 Å². The Morgan fingerprint density at radius 3 is 2.71 bits per heavy atom. The zero-order chi connectivity index (χ0) is 21.0. The first-order valence-electron chi connectivity index (χ1n) is 9.94. The molecule has 31 heavy (non-hydrogen) atoms. The van der Waals surface area contributed by atoms with Crippen molar-refractivity contribution in [1.29, 1.82) is 0 Å². The number of pyridine rings is 2. The SMILES string of the molecule is O=C(Nc1cccc(Cn2cccn2)c1)c1cc(-c2cccnc2)nc2ccccc12. The van der Waals surface area contributed by atoms with Gasteiger partial charge in [0.1, 0.15) is 0 Å². The summed E-state index contributed by atoms with van der Waals surface area (Å²) < 4.78 is 1.84. The van der Waals surface area contributed by atoms with E-state index in [-0.39, 0.29) is 5.91 Å². The number of carbonyl (C=O) groups excluding carboxylic acids is 1. The zero-order valence-electron chi connectivity index (χ0n) is 16.6. The Morgan fingerprint density at radius 2 is 1.87 bits per heavy atom. The molecule has 0 spiro atoms. The maximum Gasteiger partial charge on any atom is 0.256 e.